The second-order valence-electron chi connectivity index (χ2n) is 4.18. The van der Waals surface area contributed by atoms with Crippen LogP contribution >= 0.6 is 7.47 Å². The largest absolute Gasteiger partial charge is 0.0905 e. The van der Waals surface area contributed by atoms with Gasteiger partial charge in [-0.1, -0.05) is 76.7 Å². The summed E-state index contributed by atoms with van der Waals surface area (Å²) >= 11 is 0. The molecule has 0 aliphatic heterocycles. The number of benzene rings is 1. The smallest absolute Gasteiger partial charge is 0.0853 e. The zero-order valence-corrected chi connectivity index (χ0v) is 12.3. The molecule has 0 saturated heterocycles. The van der Waals surface area contributed by atoms with Gasteiger partial charge >= 0.3 is 0 Å². The highest BCUT2D eigenvalue weighted by atomic mass is 31.4. The monoisotopic (exact) mass is 238 g/mol. The summed E-state index contributed by atoms with van der Waals surface area (Å²) in [5, 5.41) is 1.62. The van der Waals surface area contributed by atoms with E-state index in [1.807, 2.05) is 0 Å². The molecule has 0 fully saturated rings. The molecule has 84 valence electrons. The average Bonchev–Trinajstić information content (AvgIpc) is 2.33. The molecule has 15 heavy (non-hydrogen) atoms. The van der Waals surface area contributed by atoms with Crippen molar-refractivity contribution in [2.24, 2.45) is 0 Å². The van der Waals surface area contributed by atoms with Gasteiger partial charge in [-0.2, -0.15) is 0 Å². The number of rotatable bonds is 5. The first-order chi connectivity index (χ1) is 7.20. The van der Waals surface area contributed by atoms with Crippen LogP contribution in [0.15, 0.2) is 30.3 Å². The summed E-state index contributed by atoms with van der Waals surface area (Å²) in [6.07, 6.45) is 0. The van der Waals surface area contributed by atoms with Crippen molar-refractivity contribution in [3.63, 3.8) is 0 Å². The minimum absolute atomic E-state index is 0.115. The molecule has 1 aromatic carbocycles. The lowest BCUT2D eigenvalue weighted by molar-refractivity contribution is 1.22. The molecule has 0 nitrogen and oxygen atoms in total. The van der Waals surface area contributed by atoms with Crippen molar-refractivity contribution < 1.29 is 0 Å². The van der Waals surface area contributed by atoms with Crippen molar-refractivity contribution >= 4 is 20.5 Å². The van der Waals surface area contributed by atoms with Crippen molar-refractivity contribution in [2.45, 2.75) is 38.9 Å². The van der Waals surface area contributed by atoms with Gasteiger partial charge in [0.2, 0.25) is 0 Å². The molecule has 0 saturated carbocycles. The zero-order valence-electron chi connectivity index (χ0n) is 10.5. The van der Waals surface area contributed by atoms with E-state index >= 15 is 0 Å². The van der Waals surface area contributed by atoms with Crippen molar-refractivity contribution in [1.29, 1.82) is 0 Å². The highest BCUT2D eigenvalue weighted by Gasteiger charge is 2.33. The lowest BCUT2D eigenvalue weighted by atomic mass is 10.4. The fraction of sp³-hybridized carbons (Fsp3) is 0.538. The molecule has 0 aliphatic carbocycles. The van der Waals surface area contributed by atoms with Crippen molar-refractivity contribution in [3.8, 4) is 0 Å². The Balaban J connectivity index is 2.95. The molecule has 0 radical (unpaired) electrons. The molecule has 0 bridgehead atoms. The minimum Gasteiger partial charge on any atom is -0.0905 e. The second kappa shape index (κ2) is 5.82. The maximum Gasteiger partial charge on any atom is 0.0853 e. The lowest BCUT2D eigenvalue weighted by Gasteiger charge is -2.35. The Kier molecular flexibility index (Phi) is 5.02. The second-order valence-corrected chi connectivity index (χ2v) is 15.2. The van der Waals surface area contributed by atoms with Crippen LogP contribution < -0.4 is 5.30 Å². The van der Waals surface area contributed by atoms with Crippen LogP contribution in [0.2, 0.25) is 18.1 Å². The van der Waals surface area contributed by atoms with Crippen LogP contribution in [-0.2, 0) is 0 Å². The van der Waals surface area contributed by atoms with E-state index in [4.69, 9.17) is 0 Å². The van der Waals surface area contributed by atoms with Crippen LogP contribution in [-0.4, -0.2) is 14.4 Å². The molecule has 1 unspecified atom stereocenters. The highest BCUT2D eigenvalue weighted by molar-refractivity contribution is 7.99. The molecule has 0 heterocycles. The Bertz CT molecular complexity index is 272. The summed E-state index contributed by atoms with van der Waals surface area (Å²) in [6, 6.07) is 15.5. The van der Waals surface area contributed by atoms with Crippen molar-refractivity contribution in [2.75, 3.05) is 6.66 Å². The third-order valence-electron chi connectivity index (χ3n) is 3.83. The molecule has 1 rings (SSSR count). The standard InChI is InChI=1S/C13H23PSi/c1-5-15(6-2,7-3)14(4)13-11-9-8-10-12-13/h8-12H,5-7H2,1-4H3. The van der Waals surface area contributed by atoms with Crippen LogP contribution in [0.25, 0.3) is 0 Å². The SMILES string of the molecule is CC[Si](CC)(CC)P(C)c1ccccc1. The quantitative estimate of drug-likeness (QED) is 0.526. The molecule has 0 N–H and O–H groups in total. The van der Waals surface area contributed by atoms with Crippen LogP contribution in [0.3, 0.4) is 0 Å². The summed E-state index contributed by atoms with van der Waals surface area (Å²) < 4.78 is 0. The average molecular weight is 238 g/mol. The first kappa shape index (κ1) is 12.9. The maximum atomic E-state index is 2.51. The van der Waals surface area contributed by atoms with Gasteiger partial charge in [-0.05, 0) is 12.0 Å². The Morgan fingerprint density at radius 2 is 1.40 bits per heavy atom. The van der Waals surface area contributed by atoms with E-state index in [1.165, 1.54) is 18.1 Å². The van der Waals surface area contributed by atoms with Crippen LogP contribution in [0.1, 0.15) is 20.8 Å². The molecular weight excluding hydrogens is 215 g/mol. The highest BCUT2D eigenvalue weighted by Crippen LogP contribution is 2.48. The molecule has 0 aromatic heterocycles. The summed E-state index contributed by atoms with van der Waals surface area (Å²) in [7, 11) is -0.882. The van der Waals surface area contributed by atoms with Crippen molar-refractivity contribution in [3.05, 3.63) is 30.3 Å². The van der Waals surface area contributed by atoms with E-state index in [0.717, 1.165) is 0 Å². The van der Waals surface area contributed by atoms with Gasteiger partial charge in [0.1, 0.15) is 0 Å². The van der Waals surface area contributed by atoms with E-state index in [-0.39, 0.29) is 7.47 Å². The van der Waals surface area contributed by atoms with E-state index in [9.17, 15) is 0 Å². The molecule has 0 spiro atoms. The first-order valence-corrected chi connectivity index (χ1v) is 11.2. The fourth-order valence-electron chi connectivity index (χ4n) is 2.39. The normalized spacial score (nSPS) is 13.9. The van der Waals surface area contributed by atoms with E-state index in [2.05, 4.69) is 57.8 Å². The third kappa shape index (κ3) is 2.71. The molecule has 1 aromatic rings. The van der Waals surface area contributed by atoms with E-state index < -0.39 is 7.74 Å². The summed E-state index contributed by atoms with van der Waals surface area (Å²) in [5.41, 5.74) is 0. The van der Waals surface area contributed by atoms with Gasteiger partial charge < -0.3 is 0 Å². The summed E-state index contributed by atoms with van der Waals surface area (Å²) in [4.78, 5) is 0. The molecule has 0 amide bonds. The van der Waals surface area contributed by atoms with Gasteiger partial charge in [0.25, 0.3) is 0 Å². The zero-order chi connectivity index (χ0) is 11.3. The Hall–Kier alpha value is -0.133. The Morgan fingerprint density at radius 1 is 0.933 bits per heavy atom. The van der Waals surface area contributed by atoms with Gasteiger partial charge in [-0.25, -0.2) is 0 Å². The summed E-state index contributed by atoms with van der Waals surface area (Å²) in [5.74, 6) is 0. The van der Waals surface area contributed by atoms with Crippen LogP contribution in [0, 0.1) is 0 Å². The van der Waals surface area contributed by atoms with Crippen molar-refractivity contribution in [1.82, 2.24) is 0 Å². The number of hydrogen-bond acceptors (Lipinski definition) is 0. The Morgan fingerprint density at radius 3 is 1.80 bits per heavy atom. The fourth-order valence-corrected chi connectivity index (χ4v) is 12.8. The molecular formula is C13H23PSi. The van der Waals surface area contributed by atoms with Gasteiger partial charge in [0.15, 0.2) is 0 Å². The van der Waals surface area contributed by atoms with Crippen LogP contribution in [0.5, 0.6) is 0 Å². The predicted octanol–water partition coefficient (Wildman–Crippen LogP) is 4.43. The van der Waals surface area contributed by atoms with Gasteiger partial charge in [-0.15, -0.1) is 0 Å². The molecule has 1 atom stereocenters. The molecule has 0 aliphatic rings. The van der Waals surface area contributed by atoms with Gasteiger partial charge in [0, 0.05) is 0 Å². The topological polar surface area (TPSA) is 0 Å². The number of hydrogen-bond donors (Lipinski definition) is 0. The van der Waals surface area contributed by atoms with Gasteiger partial charge in [0.05, 0.1) is 7.74 Å². The van der Waals surface area contributed by atoms with Gasteiger partial charge in [-0.3, -0.25) is 0 Å². The maximum absolute atomic E-state index is 2.51. The van der Waals surface area contributed by atoms with E-state index in [0.29, 0.717) is 0 Å². The minimum atomic E-state index is -0.997. The van der Waals surface area contributed by atoms with Crippen LogP contribution in [0.4, 0.5) is 0 Å². The molecule has 2 heteroatoms. The predicted molar refractivity (Wildman–Crippen MR) is 76.1 cm³/mol. The summed E-state index contributed by atoms with van der Waals surface area (Å²) in [6.45, 7) is 9.72. The lowest BCUT2D eigenvalue weighted by Crippen LogP contribution is -2.32. The first-order valence-electron chi connectivity index (χ1n) is 5.99. The Labute approximate surface area is 96.7 Å². The third-order valence-corrected chi connectivity index (χ3v) is 18.2. The van der Waals surface area contributed by atoms with E-state index in [1.54, 1.807) is 5.30 Å².